The molecule has 0 unspecified atom stereocenters. The van der Waals surface area contributed by atoms with E-state index in [0.717, 1.165) is 17.7 Å². The first-order valence-corrected chi connectivity index (χ1v) is 9.20. The maximum atomic E-state index is 13.0. The van der Waals surface area contributed by atoms with Crippen LogP contribution in [0.1, 0.15) is 30.5 Å². The molecule has 1 aromatic heterocycles. The van der Waals surface area contributed by atoms with Crippen molar-refractivity contribution in [3.8, 4) is 11.5 Å². The van der Waals surface area contributed by atoms with E-state index >= 15 is 0 Å². The Hall–Kier alpha value is -2.66. The quantitative estimate of drug-likeness (QED) is 0.379. The number of halogens is 2. The van der Waals surface area contributed by atoms with Gasteiger partial charge in [0, 0.05) is 10.6 Å². The van der Waals surface area contributed by atoms with E-state index in [0.29, 0.717) is 28.1 Å². The van der Waals surface area contributed by atoms with Crippen molar-refractivity contribution in [2.75, 3.05) is 0 Å². The topological polar surface area (TPSA) is 47.6 Å². The molecule has 0 atom stereocenters. The minimum Gasteiger partial charge on any atom is -0.444 e. The Morgan fingerprint density at radius 1 is 1.15 bits per heavy atom. The van der Waals surface area contributed by atoms with Gasteiger partial charge in [0.1, 0.15) is 17.8 Å². The maximum Gasteiger partial charge on any atom is 0.226 e. The Kier molecular flexibility index (Phi) is 5.21. The Labute approximate surface area is 161 Å². The molecule has 6 heteroatoms. The third-order valence-electron chi connectivity index (χ3n) is 4.39. The minimum absolute atomic E-state index is 0.201. The highest BCUT2D eigenvalue weighted by Crippen LogP contribution is 2.34. The van der Waals surface area contributed by atoms with Crippen molar-refractivity contribution in [1.82, 2.24) is 4.98 Å². The Morgan fingerprint density at radius 2 is 1.89 bits per heavy atom. The van der Waals surface area contributed by atoms with Crippen LogP contribution in [0.3, 0.4) is 0 Å². The average Bonchev–Trinajstić information content (AvgIpc) is 3.37. The van der Waals surface area contributed by atoms with Crippen LogP contribution in [0.15, 0.2) is 64.4 Å². The van der Waals surface area contributed by atoms with Crippen LogP contribution in [0.2, 0.25) is 5.02 Å². The molecule has 138 valence electrons. The highest BCUT2D eigenvalue weighted by molar-refractivity contribution is 6.30. The predicted octanol–water partition coefficient (Wildman–Crippen LogP) is 5.86. The van der Waals surface area contributed by atoms with Gasteiger partial charge in [0.05, 0.1) is 5.71 Å². The summed E-state index contributed by atoms with van der Waals surface area (Å²) in [7, 11) is 0. The van der Waals surface area contributed by atoms with Gasteiger partial charge >= 0.3 is 0 Å². The molecule has 1 saturated carbocycles. The van der Waals surface area contributed by atoms with Gasteiger partial charge in [-0.3, -0.25) is 0 Å². The van der Waals surface area contributed by atoms with Gasteiger partial charge in [-0.05, 0) is 67.1 Å². The van der Waals surface area contributed by atoms with E-state index in [4.69, 9.17) is 20.9 Å². The average molecular weight is 385 g/mol. The van der Waals surface area contributed by atoms with Gasteiger partial charge in [0.15, 0.2) is 6.61 Å². The summed E-state index contributed by atoms with van der Waals surface area (Å²) in [6.07, 6.45) is 4.88. The van der Waals surface area contributed by atoms with E-state index in [1.807, 2.05) is 24.3 Å². The van der Waals surface area contributed by atoms with Crippen molar-refractivity contribution < 1.29 is 13.6 Å². The highest BCUT2D eigenvalue weighted by Gasteiger charge is 2.24. The van der Waals surface area contributed by atoms with Crippen LogP contribution in [0.25, 0.3) is 11.5 Å². The molecule has 27 heavy (non-hydrogen) atoms. The van der Waals surface area contributed by atoms with Crippen LogP contribution < -0.4 is 0 Å². The molecule has 0 bridgehead atoms. The number of nitrogens with zero attached hydrogens (tertiary/aromatic N) is 2. The van der Waals surface area contributed by atoms with E-state index in [1.165, 1.54) is 31.2 Å². The Morgan fingerprint density at radius 3 is 2.59 bits per heavy atom. The maximum absolute atomic E-state index is 13.0. The normalized spacial score (nSPS) is 14.4. The number of oxazole rings is 1. The number of hydrogen-bond acceptors (Lipinski definition) is 4. The molecule has 0 spiro atoms. The Bertz CT molecular complexity index is 932. The lowest BCUT2D eigenvalue weighted by molar-refractivity contribution is 0.127. The van der Waals surface area contributed by atoms with Gasteiger partial charge in [-0.1, -0.05) is 28.9 Å². The monoisotopic (exact) mass is 384 g/mol. The fourth-order valence-corrected chi connectivity index (χ4v) is 2.85. The molecule has 0 N–H and O–H groups in total. The summed E-state index contributed by atoms with van der Waals surface area (Å²) in [5, 5.41) is 5.03. The Balaban J connectivity index is 1.43. The van der Waals surface area contributed by atoms with E-state index in [-0.39, 0.29) is 12.4 Å². The SMILES string of the molecule is Fc1ccc(-c2nc(CO/N=C(\CC3CC3)c3ccc(Cl)cc3)co2)cc1. The van der Waals surface area contributed by atoms with Crippen molar-refractivity contribution in [3.05, 3.63) is 76.9 Å². The molecule has 1 aliphatic rings. The summed E-state index contributed by atoms with van der Waals surface area (Å²) >= 11 is 5.97. The first-order chi connectivity index (χ1) is 13.2. The summed E-state index contributed by atoms with van der Waals surface area (Å²) in [5.74, 6) is 0.808. The zero-order valence-electron chi connectivity index (χ0n) is 14.6. The van der Waals surface area contributed by atoms with Crippen molar-refractivity contribution in [1.29, 1.82) is 0 Å². The molecule has 4 rings (SSSR count). The van der Waals surface area contributed by atoms with Gasteiger partial charge in [0.2, 0.25) is 5.89 Å². The molecule has 3 aromatic rings. The lowest BCUT2D eigenvalue weighted by Gasteiger charge is -2.06. The fraction of sp³-hybridized carbons (Fsp3) is 0.238. The largest absolute Gasteiger partial charge is 0.444 e. The van der Waals surface area contributed by atoms with Gasteiger partial charge in [0.25, 0.3) is 0 Å². The minimum atomic E-state index is -0.298. The van der Waals surface area contributed by atoms with Gasteiger partial charge in [-0.25, -0.2) is 9.37 Å². The van der Waals surface area contributed by atoms with Crippen LogP contribution in [-0.4, -0.2) is 10.7 Å². The molecule has 1 fully saturated rings. The third kappa shape index (κ3) is 4.74. The smallest absolute Gasteiger partial charge is 0.226 e. The van der Waals surface area contributed by atoms with Gasteiger partial charge < -0.3 is 9.25 Å². The molecule has 4 nitrogen and oxygen atoms in total. The van der Waals surface area contributed by atoms with E-state index in [1.54, 1.807) is 12.1 Å². The molecular formula is C21H18ClFN2O2. The van der Waals surface area contributed by atoms with E-state index < -0.39 is 0 Å². The molecule has 1 aliphatic carbocycles. The van der Waals surface area contributed by atoms with Gasteiger partial charge in [-0.2, -0.15) is 0 Å². The van der Waals surface area contributed by atoms with Crippen LogP contribution in [0, 0.1) is 11.7 Å². The fourth-order valence-electron chi connectivity index (χ4n) is 2.72. The summed E-state index contributed by atoms with van der Waals surface area (Å²) in [6.45, 7) is 0.201. The third-order valence-corrected chi connectivity index (χ3v) is 4.64. The van der Waals surface area contributed by atoms with Crippen molar-refractivity contribution >= 4 is 17.3 Å². The standard InChI is InChI=1S/C21H18ClFN2O2/c22-17-7-3-15(4-8-17)20(11-14-1-2-14)25-27-13-19-12-26-21(24-19)16-5-9-18(23)10-6-16/h3-10,12,14H,1-2,11,13H2/b25-20+. The first-order valence-electron chi connectivity index (χ1n) is 8.82. The second-order valence-electron chi connectivity index (χ2n) is 6.62. The lowest BCUT2D eigenvalue weighted by atomic mass is 10.1. The first kappa shape index (κ1) is 17.7. The van der Waals surface area contributed by atoms with Crippen LogP contribution in [-0.2, 0) is 11.4 Å². The summed E-state index contributed by atoms with van der Waals surface area (Å²) in [5.41, 5.74) is 3.26. The number of hydrogen-bond donors (Lipinski definition) is 0. The lowest BCUT2D eigenvalue weighted by Crippen LogP contribution is -2.03. The second kappa shape index (κ2) is 7.92. The van der Waals surface area contributed by atoms with Crippen molar-refractivity contribution in [2.24, 2.45) is 11.1 Å². The van der Waals surface area contributed by atoms with Crippen molar-refractivity contribution in [2.45, 2.75) is 25.9 Å². The van der Waals surface area contributed by atoms with E-state index in [2.05, 4.69) is 10.1 Å². The molecule has 0 radical (unpaired) electrons. The summed E-state index contributed by atoms with van der Waals surface area (Å²) in [4.78, 5) is 9.90. The zero-order chi connectivity index (χ0) is 18.6. The second-order valence-corrected chi connectivity index (χ2v) is 7.05. The summed E-state index contributed by atoms with van der Waals surface area (Å²) in [6, 6.07) is 13.6. The molecular weight excluding hydrogens is 367 g/mol. The molecule has 0 saturated heterocycles. The zero-order valence-corrected chi connectivity index (χ0v) is 15.3. The van der Waals surface area contributed by atoms with Crippen LogP contribution in [0.5, 0.6) is 0 Å². The number of rotatable bonds is 7. The van der Waals surface area contributed by atoms with Crippen LogP contribution >= 0.6 is 11.6 Å². The molecule has 0 aliphatic heterocycles. The number of aromatic nitrogens is 1. The molecule has 1 heterocycles. The van der Waals surface area contributed by atoms with E-state index in [9.17, 15) is 4.39 Å². The number of oxime groups is 1. The predicted molar refractivity (Wildman–Crippen MR) is 102 cm³/mol. The van der Waals surface area contributed by atoms with Crippen molar-refractivity contribution in [3.63, 3.8) is 0 Å². The summed E-state index contributed by atoms with van der Waals surface area (Å²) < 4.78 is 18.5. The van der Waals surface area contributed by atoms with Crippen LogP contribution in [0.4, 0.5) is 4.39 Å². The molecule has 2 aromatic carbocycles. The number of benzene rings is 2. The molecule has 0 amide bonds. The van der Waals surface area contributed by atoms with Gasteiger partial charge in [-0.15, -0.1) is 0 Å². The highest BCUT2D eigenvalue weighted by atomic mass is 35.5.